The Bertz CT molecular complexity index is 741. The highest BCUT2D eigenvalue weighted by atomic mass is 14.9. The highest BCUT2D eigenvalue weighted by Crippen LogP contribution is 2.18. The van der Waals surface area contributed by atoms with Gasteiger partial charge in [-0.05, 0) is 48.7 Å². The molecule has 1 aromatic carbocycles. The Morgan fingerprint density at radius 3 is 2.50 bits per heavy atom. The van der Waals surface area contributed by atoms with Gasteiger partial charge in [-0.3, -0.25) is 0 Å². The van der Waals surface area contributed by atoms with Crippen LogP contribution in [-0.4, -0.2) is 9.97 Å². The van der Waals surface area contributed by atoms with Gasteiger partial charge in [0.2, 0.25) is 0 Å². The lowest BCUT2D eigenvalue weighted by atomic mass is 10.1. The first-order valence-electron chi connectivity index (χ1n) is 6.72. The molecule has 0 atom stereocenters. The lowest BCUT2D eigenvalue weighted by Crippen LogP contribution is -2.25. The van der Waals surface area contributed by atoms with Gasteiger partial charge in [0.05, 0.1) is 11.0 Å². The maximum Gasteiger partial charge on any atom is 0.169 e. The summed E-state index contributed by atoms with van der Waals surface area (Å²) in [6.45, 7) is 4.23. The van der Waals surface area contributed by atoms with Gasteiger partial charge in [-0.2, -0.15) is 0 Å². The Hall–Kier alpha value is -2.42. The SMILES string of the molecule is Cc1cc2nc(/C=C/c3cc[n+](C)cc3)[nH]c2cc1C. The van der Waals surface area contributed by atoms with Crippen LogP contribution < -0.4 is 4.57 Å². The van der Waals surface area contributed by atoms with Crippen molar-refractivity contribution in [1.82, 2.24) is 9.97 Å². The Balaban J connectivity index is 1.92. The average Bonchev–Trinajstić information content (AvgIpc) is 2.80. The van der Waals surface area contributed by atoms with Crippen LogP contribution >= 0.6 is 0 Å². The summed E-state index contributed by atoms with van der Waals surface area (Å²) in [6.07, 6.45) is 8.15. The summed E-state index contributed by atoms with van der Waals surface area (Å²) in [4.78, 5) is 7.94. The average molecular weight is 264 g/mol. The van der Waals surface area contributed by atoms with Gasteiger partial charge in [-0.25, -0.2) is 9.55 Å². The van der Waals surface area contributed by atoms with Gasteiger partial charge in [-0.1, -0.05) is 6.08 Å². The van der Waals surface area contributed by atoms with Gasteiger partial charge < -0.3 is 4.98 Å². The fourth-order valence-corrected chi connectivity index (χ4v) is 2.17. The number of nitrogens with zero attached hydrogens (tertiary/aromatic N) is 2. The van der Waals surface area contributed by atoms with E-state index in [0.717, 1.165) is 22.4 Å². The van der Waals surface area contributed by atoms with E-state index in [2.05, 4.69) is 54.2 Å². The fourth-order valence-electron chi connectivity index (χ4n) is 2.17. The lowest BCUT2D eigenvalue weighted by Gasteiger charge is -1.97. The highest BCUT2D eigenvalue weighted by molar-refractivity contribution is 5.80. The van der Waals surface area contributed by atoms with Crippen molar-refractivity contribution in [1.29, 1.82) is 0 Å². The van der Waals surface area contributed by atoms with Crippen molar-refractivity contribution in [2.24, 2.45) is 7.05 Å². The van der Waals surface area contributed by atoms with E-state index >= 15 is 0 Å². The van der Waals surface area contributed by atoms with Crippen LogP contribution in [0.15, 0.2) is 36.7 Å². The molecule has 0 bridgehead atoms. The van der Waals surface area contributed by atoms with Gasteiger partial charge in [-0.15, -0.1) is 0 Å². The number of aromatic nitrogens is 3. The molecule has 0 amide bonds. The molecule has 3 heteroatoms. The molecule has 1 N–H and O–H groups in total. The number of hydrogen-bond donors (Lipinski definition) is 1. The minimum atomic E-state index is 0.887. The van der Waals surface area contributed by atoms with Crippen LogP contribution in [0, 0.1) is 13.8 Å². The van der Waals surface area contributed by atoms with E-state index in [1.165, 1.54) is 11.1 Å². The monoisotopic (exact) mass is 264 g/mol. The zero-order valence-electron chi connectivity index (χ0n) is 12.0. The predicted octanol–water partition coefficient (Wildman–Crippen LogP) is 3.17. The van der Waals surface area contributed by atoms with Crippen molar-refractivity contribution < 1.29 is 4.57 Å². The number of aromatic amines is 1. The van der Waals surface area contributed by atoms with Crippen LogP contribution in [0.2, 0.25) is 0 Å². The molecular weight excluding hydrogens is 246 g/mol. The summed E-state index contributed by atoms with van der Waals surface area (Å²) in [5.41, 5.74) is 5.83. The topological polar surface area (TPSA) is 32.6 Å². The van der Waals surface area contributed by atoms with E-state index in [4.69, 9.17) is 0 Å². The maximum absolute atomic E-state index is 4.60. The first kappa shape index (κ1) is 12.6. The predicted molar refractivity (Wildman–Crippen MR) is 82.1 cm³/mol. The normalized spacial score (nSPS) is 11.6. The fraction of sp³-hybridized carbons (Fsp3) is 0.176. The molecule has 0 radical (unpaired) electrons. The van der Waals surface area contributed by atoms with Crippen molar-refractivity contribution in [3.05, 3.63) is 59.2 Å². The van der Waals surface area contributed by atoms with E-state index in [-0.39, 0.29) is 0 Å². The quantitative estimate of drug-likeness (QED) is 0.708. The molecule has 0 saturated heterocycles. The standard InChI is InChI=1S/C17H17N3/c1-12-10-15-16(11-13(12)2)19-17(18-15)5-4-14-6-8-20(3)9-7-14/h4-11H,1-3H3/p+1. The molecule has 3 rings (SSSR count). The molecule has 0 aliphatic rings. The summed E-state index contributed by atoms with van der Waals surface area (Å²) in [6, 6.07) is 8.43. The van der Waals surface area contributed by atoms with Gasteiger partial charge in [0.15, 0.2) is 12.4 Å². The van der Waals surface area contributed by atoms with Crippen LogP contribution in [0.5, 0.6) is 0 Å². The minimum absolute atomic E-state index is 0.887. The first-order chi connectivity index (χ1) is 9.61. The number of benzene rings is 1. The van der Waals surface area contributed by atoms with Crippen LogP contribution in [0.25, 0.3) is 23.2 Å². The van der Waals surface area contributed by atoms with Gasteiger partial charge in [0, 0.05) is 12.1 Å². The molecule has 2 aromatic heterocycles. The summed E-state index contributed by atoms with van der Waals surface area (Å²) < 4.78 is 2.02. The molecule has 0 spiro atoms. The Labute approximate surface area is 118 Å². The number of H-pyrrole nitrogens is 1. The first-order valence-corrected chi connectivity index (χ1v) is 6.72. The second-order valence-corrected chi connectivity index (χ2v) is 5.21. The number of pyridine rings is 1. The second kappa shape index (κ2) is 4.93. The molecule has 0 saturated carbocycles. The lowest BCUT2D eigenvalue weighted by molar-refractivity contribution is -0.671. The van der Waals surface area contributed by atoms with E-state index < -0.39 is 0 Å². The zero-order chi connectivity index (χ0) is 14.1. The summed E-state index contributed by atoms with van der Waals surface area (Å²) >= 11 is 0. The second-order valence-electron chi connectivity index (χ2n) is 5.21. The van der Waals surface area contributed by atoms with Crippen molar-refractivity contribution in [2.75, 3.05) is 0 Å². The third-order valence-corrected chi connectivity index (χ3v) is 3.55. The summed E-state index contributed by atoms with van der Waals surface area (Å²) in [7, 11) is 2.01. The molecule has 0 unspecified atom stereocenters. The molecule has 3 aromatic rings. The Morgan fingerprint density at radius 2 is 1.75 bits per heavy atom. The Kier molecular flexibility index (Phi) is 3.11. The molecule has 100 valence electrons. The minimum Gasteiger partial charge on any atom is -0.338 e. The number of rotatable bonds is 2. The third-order valence-electron chi connectivity index (χ3n) is 3.55. The summed E-state index contributed by atoms with van der Waals surface area (Å²) in [5, 5.41) is 0. The smallest absolute Gasteiger partial charge is 0.169 e. The maximum atomic E-state index is 4.60. The zero-order valence-corrected chi connectivity index (χ0v) is 12.0. The number of imidazole rings is 1. The third kappa shape index (κ3) is 2.48. The molecular formula is C17H18N3+. The van der Waals surface area contributed by atoms with E-state index in [9.17, 15) is 0 Å². The van der Waals surface area contributed by atoms with Gasteiger partial charge >= 0.3 is 0 Å². The molecule has 0 fully saturated rings. The van der Waals surface area contributed by atoms with E-state index in [0.29, 0.717) is 0 Å². The molecule has 2 heterocycles. The van der Waals surface area contributed by atoms with Gasteiger partial charge in [0.1, 0.15) is 12.9 Å². The van der Waals surface area contributed by atoms with Crippen LogP contribution in [0.1, 0.15) is 22.5 Å². The summed E-state index contributed by atoms with van der Waals surface area (Å²) in [5.74, 6) is 0.887. The van der Waals surface area contributed by atoms with Crippen LogP contribution in [-0.2, 0) is 7.05 Å². The Morgan fingerprint density at radius 1 is 1.05 bits per heavy atom. The van der Waals surface area contributed by atoms with E-state index in [1.54, 1.807) is 0 Å². The van der Waals surface area contributed by atoms with Gasteiger partial charge in [0.25, 0.3) is 0 Å². The number of hydrogen-bond acceptors (Lipinski definition) is 1. The van der Waals surface area contributed by atoms with Crippen LogP contribution in [0.4, 0.5) is 0 Å². The van der Waals surface area contributed by atoms with E-state index in [1.807, 2.05) is 30.1 Å². The molecule has 0 aliphatic carbocycles. The molecule has 20 heavy (non-hydrogen) atoms. The van der Waals surface area contributed by atoms with Crippen LogP contribution in [0.3, 0.4) is 0 Å². The van der Waals surface area contributed by atoms with Crippen molar-refractivity contribution in [3.8, 4) is 0 Å². The number of aryl methyl sites for hydroxylation is 3. The number of nitrogens with one attached hydrogen (secondary N) is 1. The van der Waals surface area contributed by atoms with Crippen molar-refractivity contribution in [2.45, 2.75) is 13.8 Å². The van der Waals surface area contributed by atoms with Crippen molar-refractivity contribution in [3.63, 3.8) is 0 Å². The molecule has 0 aliphatic heterocycles. The number of fused-ring (bicyclic) bond motifs is 1. The van der Waals surface area contributed by atoms with Crippen molar-refractivity contribution >= 4 is 23.2 Å². The highest BCUT2D eigenvalue weighted by Gasteiger charge is 2.02. The largest absolute Gasteiger partial charge is 0.338 e. The molecule has 3 nitrogen and oxygen atoms in total.